The van der Waals surface area contributed by atoms with Gasteiger partial charge in [-0.3, -0.25) is 0 Å². The second-order valence-corrected chi connectivity index (χ2v) is 13.4. The fourth-order valence-corrected chi connectivity index (χ4v) is 8.91. The second-order valence-electron chi connectivity index (χ2n) is 8.62. The van der Waals surface area contributed by atoms with Crippen molar-refractivity contribution in [3.63, 3.8) is 0 Å². The molecule has 2 aliphatic rings. The third-order valence-corrected chi connectivity index (χ3v) is 9.97. The Balaban J connectivity index is 2.22. The maximum absolute atomic E-state index is 10.3. The van der Waals surface area contributed by atoms with E-state index in [-0.39, 0.29) is 28.4 Å². The quantitative estimate of drug-likeness (QED) is 0.622. The molecular weight excluding hydrogens is 296 g/mol. The number of hydrogen-bond acceptors (Lipinski definition) is 4. The van der Waals surface area contributed by atoms with Crippen molar-refractivity contribution in [1.29, 1.82) is 0 Å². The van der Waals surface area contributed by atoms with Crippen molar-refractivity contribution < 1.29 is 18.7 Å². The molecule has 0 amide bonds. The summed E-state index contributed by atoms with van der Waals surface area (Å²) in [5.41, 5.74) is 0. The smallest absolute Gasteiger partial charge is 0.349 e. The van der Waals surface area contributed by atoms with Crippen LogP contribution in [0, 0.1) is 0 Å². The molecule has 0 saturated carbocycles. The molecule has 0 aromatic heterocycles. The van der Waals surface area contributed by atoms with E-state index in [9.17, 15) is 5.11 Å². The number of fused-ring (bicyclic) bond motifs is 1. The first kappa shape index (κ1) is 18.1. The van der Waals surface area contributed by atoms with E-state index in [1.54, 1.807) is 6.08 Å². The van der Waals surface area contributed by atoms with Crippen LogP contribution in [0.4, 0.5) is 0 Å². The van der Waals surface area contributed by atoms with Crippen LogP contribution in [0.1, 0.15) is 54.4 Å². The van der Waals surface area contributed by atoms with Crippen LogP contribution >= 0.6 is 0 Å². The number of aliphatic hydroxyl groups is 1. The van der Waals surface area contributed by atoms with Gasteiger partial charge in [-0.05, 0) is 6.42 Å². The van der Waals surface area contributed by atoms with Crippen LogP contribution in [-0.2, 0) is 13.6 Å². The molecule has 0 aromatic rings. The largest absolute Gasteiger partial charge is 0.391 e. The molecule has 2 heterocycles. The third-order valence-electron chi connectivity index (χ3n) is 4.81. The van der Waals surface area contributed by atoms with Crippen molar-refractivity contribution in [1.82, 2.24) is 0 Å². The van der Waals surface area contributed by atoms with Gasteiger partial charge in [0.1, 0.15) is 6.10 Å². The molecule has 0 radical (unpaired) electrons. The Kier molecular flexibility index (Phi) is 4.96. The molecule has 2 fully saturated rings. The van der Waals surface area contributed by atoms with Crippen molar-refractivity contribution in [3.05, 3.63) is 12.7 Å². The second kappa shape index (κ2) is 6.02. The third kappa shape index (κ3) is 3.06. The molecule has 4 atom stereocenters. The summed E-state index contributed by atoms with van der Waals surface area (Å²) in [6.07, 6.45) is 2.23. The highest BCUT2D eigenvalue weighted by Crippen LogP contribution is 2.55. The van der Waals surface area contributed by atoms with E-state index in [1.807, 2.05) is 0 Å². The molecule has 0 aliphatic carbocycles. The zero-order chi connectivity index (χ0) is 16.8. The predicted molar refractivity (Wildman–Crippen MR) is 90.1 cm³/mol. The average Bonchev–Trinajstić information content (AvgIpc) is 2.36. The van der Waals surface area contributed by atoms with Gasteiger partial charge in [-0.25, -0.2) is 0 Å². The fourth-order valence-electron chi connectivity index (χ4n) is 3.95. The maximum atomic E-state index is 10.3. The van der Waals surface area contributed by atoms with Crippen molar-refractivity contribution in [2.24, 2.45) is 0 Å². The zero-order valence-corrected chi connectivity index (χ0v) is 15.9. The topological polar surface area (TPSA) is 47.9 Å². The van der Waals surface area contributed by atoms with E-state index >= 15 is 0 Å². The standard InChI is InChI=1S/C17H32O4Si/c1-8-9-13-12(18)10-14-15(20-13)11-19-22(21-14,16(2,3)4)17(5,6)7/h8,12-15,18H,1,9-11H2,2-7H3/t12-,13+,14+,15-/m1/s1. The van der Waals surface area contributed by atoms with E-state index in [0.717, 1.165) is 0 Å². The Morgan fingerprint density at radius 3 is 2.23 bits per heavy atom. The number of rotatable bonds is 2. The van der Waals surface area contributed by atoms with E-state index in [2.05, 4.69) is 48.1 Å². The van der Waals surface area contributed by atoms with Crippen LogP contribution in [0.3, 0.4) is 0 Å². The van der Waals surface area contributed by atoms with E-state index in [4.69, 9.17) is 13.6 Å². The van der Waals surface area contributed by atoms with Crippen molar-refractivity contribution >= 4 is 8.56 Å². The summed E-state index contributed by atoms with van der Waals surface area (Å²) in [6.45, 7) is 17.5. The predicted octanol–water partition coefficient (Wildman–Crippen LogP) is 3.54. The fraction of sp³-hybridized carbons (Fsp3) is 0.882. The molecule has 0 unspecified atom stereocenters. The van der Waals surface area contributed by atoms with Gasteiger partial charge in [0.2, 0.25) is 0 Å². The average molecular weight is 329 g/mol. The number of hydrogen-bond donors (Lipinski definition) is 1. The molecule has 2 saturated heterocycles. The molecule has 0 bridgehead atoms. The van der Waals surface area contributed by atoms with Gasteiger partial charge in [0.25, 0.3) is 0 Å². The van der Waals surface area contributed by atoms with Crippen molar-refractivity contribution in [2.45, 2.75) is 88.9 Å². The molecule has 2 aliphatic heterocycles. The summed E-state index contributed by atoms with van der Waals surface area (Å²) < 4.78 is 19.0. The Bertz CT molecular complexity index is 396. The highest BCUT2D eigenvalue weighted by molar-refractivity contribution is 6.73. The molecular formula is C17H32O4Si. The molecule has 4 nitrogen and oxygen atoms in total. The zero-order valence-electron chi connectivity index (χ0n) is 14.9. The first-order valence-electron chi connectivity index (χ1n) is 8.28. The minimum Gasteiger partial charge on any atom is -0.391 e. The molecule has 1 N–H and O–H groups in total. The lowest BCUT2D eigenvalue weighted by Crippen LogP contribution is -2.67. The summed E-state index contributed by atoms with van der Waals surface area (Å²) in [6, 6.07) is 0. The molecule has 128 valence electrons. The van der Waals surface area contributed by atoms with Crippen molar-refractivity contribution in [3.8, 4) is 0 Å². The highest BCUT2D eigenvalue weighted by atomic mass is 28.4. The first-order valence-corrected chi connectivity index (χ1v) is 10.1. The summed E-state index contributed by atoms with van der Waals surface area (Å²) >= 11 is 0. The Labute approximate surface area is 136 Å². The number of ether oxygens (including phenoxy) is 1. The Morgan fingerprint density at radius 1 is 1.14 bits per heavy atom. The van der Waals surface area contributed by atoms with Gasteiger partial charge in [0.15, 0.2) is 0 Å². The summed E-state index contributed by atoms with van der Waals surface area (Å²) in [5, 5.41) is 10.3. The SMILES string of the molecule is C=CC[C@@H]1O[C@@H]2CO[Si](C(C)(C)C)(C(C)(C)C)O[C@H]2C[C@H]1O. The summed E-state index contributed by atoms with van der Waals surface area (Å²) in [5.74, 6) is 0. The van der Waals surface area contributed by atoms with Crippen LogP contribution in [0.5, 0.6) is 0 Å². The van der Waals surface area contributed by atoms with Crippen LogP contribution < -0.4 is 0 Å². The molecule has 22 heavy (non-hydrogen) atoms. The molecule has 0 spiro atoms. The summed E-state index contributed by atoms with van der Waals surface area (Å²) in [7, 11) is -2.48. The lowest BCUT2D eigenvalue weighted by atomic mass is 9.97. The van der Waals surface area contributed by atoms with Gasteiger partial charge in [-0.2, -0.15) is 0 Å². The van der Waals surface area contributed by atoms with E-state index in [0.29, 0.717) is 19.4 Å². The molecule has 2 rings (SSSR count). The van der Waals surface area contributed by atoms with Gasteiger partial charge in [-0.1, -0.05) is 47.6 Å². The van der Waals surface area contributed by atoms with Gasteiger partial charge in [0, 0.05) is 16.5 Å². The van der Waals surface area contributed by atoms with Crippen LogP contribution in [-0.4, -0.2) is 44.7 Å². The van der Waals surface area contributed by atoms with Gasteiger partial charge in [-0.15, -0.1) is 6.58 Å². The Hall–Kier alpha value is -0.203. The van der Waals surface area contributed by atoms with Crippen LogP contribution in [0.2, 0.25) is 10.1 Å². The van der Waals surface area contributed by atoms with Crippen LogP contribution in [0.25, 0.3) is 0 Å². The highest BCUT2D eigenvalue weighted by Gasteiger charge is 2.62. The van der Waals surface area contributed by atoms with Gasteiger partial charge < -0.3 is 18.7 Å². The number of aliphatic hydroxyl groups excluding tert-OH is 1. The summed E-state index contributed by atoms with van der Waals surface area (Å²) in [4.78, 5) is 0. The lowest BCUT2D eigenvalue weighted by molar-refractivity contribution is -0.197. The molecule has 0 aromatic carbocycles. The molecule has 5 heteroatoms. The monoisotopic (exact) mass is 328 g/mol. The van der Waals surface area contributed by atoms with Gasteiger partial charge in [0.05, 0.1) is 24.9 Å². The maximum Gasteiger partial charge on any atom is 0.349 e. The van der Waals surface area contributed by atoms with E-state index in [1.165, 1.54) is 0 Å². The first-order chi connectivity index (χ1) is 10.0. The van der Waals surface area contributed by atoms with Gasteiger partial charge >= 0.3 is 8.56 Å². The minimum absolute atomic E-state index is 0.0425. The van der Waals surface area contributed by atoms with E-state index < -0.39 is 14.7 Å². The van der Waals surface area contributed by atoms with Crippen molar-refractivity contribution in [2.75, 3.05) is 6.61 Å². The van der Waals surface area contributed by atoms with Crippen LogP contribution in [0.15, 0.2) is 12.7 Å². The normalized spacial score (nSPS) is 35.8. The Morgan fingerprint density at radius 2 is 1.73 bits per heavy atom. The minimum atomic E-state index is -2.48. The lowest BCUT2D eigenvalue weighted by Gasteiger charge is -2.56.